The lowest BCUT2D eigenvalue weighted by atomic mass is 10.1. The van der Waals surface area contributed by atoms with Crippen molar-refractivity contribution in [2.75, 3.05) is 5.32 Å². The van der Waals surface area contributed by atoms with Crippen LogP contribution in [0, 0.1) is 0 Å². The number of nitrogens with one attached hydrogen (secondary N) is 1. The van der Waals surface area contributed by atoms with E-state index in [4.69, 9.17) is 5.11 Å². The molecular formula is C8H8N2O2. The lowest BCUT2D eigenvalue weighted by Gasteiger charge is -2.02. The van der Waals surface area contributed by atoms with Gasteiger partial charge in [-0.3, -0.25) is 0 Å². The van der Waals surface area contributed by atoms with E-state index < -0.39 is 12.0 Å². The number of carboxylic acid groups (broad SMARTS) is 1. The van der Waals surface area contributed by atoms with Crippen LogP contribution >= 0.6 is 0 Å². The molecule has 1 aliphatic rings. The quantitative estimate of drug-likeness (QED) is 0.634. The van der Waals surface area contributed by atoms with Crippen molar-refractivity contribution >= 4 is 11.8 Å². The molecule has 0 fully saturated rings. The maximum Gasteiger partial charge on any atom is 0.326 e. The first kappa shape index (κ1) is 7.09. The predicted octanol–water partition coefficient (Wildman–Crippen LogP) is 0.503. The molecule has 1 aromatic rings. The standard InChI is InChI=1S/C8H8N2O2/c11-8(12)6-4-5-2-1-3-9-7(5)10-6/h1-3,6H,4H2,(H,9,10)(H,11,12)/t6-/m0/s1. The molecule has 1 aliphatic heterocycles. The van der Waals surface area contributed by atoms with Crippen molar-refractivity contribution in [2.45, 2.75) is 12.5 Å². The third-order valence-electron chi connectivity index (χ3n) is 1.92. The van der Waals surface area contributed by atoms with Crippen molar-refractivity contribution in [3.8, 4) is 0 Å². The molecule has 0 spiro atoms. The van der Waals surface area contributed by atoms with Gasteiger partial charge in [-0.15, -0.1) is 0 Å². The minimum Gasteiger partial charge on any atom is -0.480 e. The van der Waals surface area contributed by atoms with Gasteiger partial charge in [0.1, 0.15) is 11.9 Å². The number of carboxylic acids is 1. The molecule has 0 saturated carbocycles. The summed E-state index contributed by atoms with van der Waals surface area (Å²) in [5.74, 6) is -0.127. The summed E-state index contributed by atoms with van der Waals surface area (Å²) in [6, 6.07) is 3.19. The summed E-state index contributed by atoms with van der Waals surface area (Å²) in [7, 11) is 0. The van der Waals surface area contributed by atoms with E-state index in [2.05, 4.69) is 10.3 Å². The van der Waals surface area contributed by atoms with E-state index in [0.717, 1.165) is 5.56 Å². The summed E-state index contributed by atoms with van der Waals surface area (Å²) >= 11 is 0. The van der Waals surface area contributed by atoms with Crippen LogP contribution in [0.1, 0.15) is 5.56 Å². The second-order valence-corrected chi connectivity index (χ2v) is 2.75. The van der Waals surface area contributed by atoms with Gasteiger partial charge >= 0.3 is 5.97 Å². The van der Waals surface area contributed by atoms with Gasteiger partial charge in [0.25, 0.3) is 0 Å². The fourth-order valence-electron chi connectivity index (χ4n) is 1.32. The summed E-state index contributed by atoms with van der Waals surface area (Å²) in [6.07, 6.45) is 2.18. The van der Waals surface area contributed by atoms with Crippen molar-refractivity contribution in [1.82, 2.24) is 4.98 Å². The van der Waals surface area contributed by atoms with E-state index in [-0.39, 0.29) is 0 Å². The molecule has 12 heavy (non-hydrogen) atoms. The molecule has 0 unspecified atom stereocenters. The Kier molecular flexibility index (Phi) is 1.46. The summed E-state index contributed by atoms with van der Waals surface area (Å²) in [4.78, 5) is 14.6. The lowest BCUT2D eigenvalue weighted by molar-refractivity contribution is -0.137. The second-order valence-electron chi connectivity index (χ2n) is 2.75. The van der Waals surface area contributed by atoms with Gasteiger partial charge in [-0.2, -0.15) is 0 Å². The van der Waals surface area contributed by atoms with Crippen molar-refractivity contribution in [3.63, 3.8) is 0 Å². The number of carbonyl (C=O) groups is 1. The highest BCUT2D eigenvalue weighted by Crippen LogP contribution is 2.22. The highest BCUT2D eigenvalue weighted by atomic mass is 16.4. The smallest absolute Gasteiger partial charge is 0.326 e. The Labute approximate surface area is 69.2 Å². The van der Waals surface area contributed by atoms with Gasteiger partial charge in [-0.05, 0) is 11.6 Å². The normalized spacial score (nSPS) is 19.8. The molecule has 0 aliphatic carbocycles. The first-order valence-electron chi connectivity index (χ1n) is 3.70. The Balaban J connectivity index is 2.27. The zero-order chi connectivity index (χ0) is 8.55. The third-order valence-corrected chi connectivity index (χ3v) is 1.92. The maximum absolute atomic E-state index is 10.6. The molecule has 62 valence electrons. The van der Waals surface area contributed by atoms with E-state index in [1.165, 1.54) is 0 Å². The van der Waals surface area contributed by atoms with Gasteiger partial charge in [-0.25, -0.2) is 9.78 Å². The van der Waals surface area contributed by atoms with Crippen molar-refractivity contribution in [1.29, 1.82) is 0 Å². The minimum absolute atomic E-state index is 0.505. The van der Waals surface area contributed by atoms with E-state index >= 15 is 0 Å². The van der Waals surface area contributed by atoms with Gasteiger partial charge in [0.15, 0.2) is 0 Å². The molecule has 0 radical (unpaired) electrons. The number of fused-ring (bicyclic) bond motifs is 1. The predicted molar refractivity (Wildman–Crippen MR) is 43.0 cm³/mol. The van der Waals surface area contributed by atoms with Crippen LogP contribution in [0.25, 0.3) is 0 Å². The van der Waals surface area contributed by atoms with Gasteiger partial charge in [0, 0.05) is 12.6 Å². The number of aliphatic carboxylic acids is 1. The molecular weight excluding hydrogens is 156 g/mol. The largest absolute Gasteiger partial charge is 0.480 e. The zero-order valence-corrected chi connectivity index (χ0v) is 6.32. The first-order valence-corrected chi connectivity index (χ1v) is 3.70. The maximum atomic E-state index is 10.6. The Morgan fingerprint density at radius 1 is 1.75 bits per heavy atom. The molecule has 2 rings (SSSR count). The van der Waals surface area contributed by atoms with E-state index in [1.807, 2.05) is 12.1 Å². The molecule has 4 heteroatoms. The summed E-state index contributed by atoms with van der Waals surface area (Å²) in [5, 5.41) is 11.5. The summed E-state index contributed by atoms with van der Waals surface area (Å²) in [6.45, 7) is 0. The minimum atomic E-state index is -0.826. The molecule has 2 heterocycles. The monoisotopic (exact) mass is 164 g/mol. The summed E-state index contributed by atoms with van der Waals surface area (Å²) < 4.78 is 0. The van der Waals surface area contributed by atoms with Crippen LogP contribution in [0.15, 0.2) is 18.3 Å². The van der Waals surface area contributed by atoms with E-state index in [1.54, 1.807) is 6.20 Å². The molecule has 0 aromatic carbocycles. The lowest BCUT2D eigenvalue weighted by Crippen LogP contribution is -2.26. The van der Waals surface area contributed by atoms with Crippen LogP contribution in [0.2, 0.25) is 0 Å². The van der Waals surface area contributed by atoms with Crippen LogP contribution < -0.4 is 5.32 Å². The topological polar surface area (TPSA) is 62.2 Å². The van der Waals surface area contributed by atoms with Gasteiger partial charge in [0.05, 0.1) is 0 Å². The molecule has 0 bridgehead atoms. The fraction of sp³-hybridized carbons (Fsp3) is 0.250. The zero-order valence-electron chi connectivity index (χ0n) is 6.32. The number of aromatic nitrogens is 1. The van der Waals surface area contributed by atoms with Gasteiger partial charge < -0.3 is 10.4 Å². The third kappa shape index (κ3) is 1.01. The van der Waals surface area contributed by atoms with Crippen molar-refractivity contribution < 1.29 is 9.90 Å². The van der Waals surface area contributed by atoms with Gasteiger partial charge in [0.2, 0.25) is 0 Å². The van der Waals surface area contributed by atoms with Gasteiger partial charge in [-0.1, -0.05) is 6.07 Å². The van der Waals surface area contributed by atoms with E-state index in [0.29, 0.717) is 12.2 Å². The Morgan fingerprint density at radius 3 is 3.25 bits per heavy atom. The van der Waals surface area contributed by atoms with Crippen LogP contribution in [-0.2, 0) is 11.2 Å². The van der Waals surface area contributed by atoms with Crippen LogP contribution in [0.5, 0.6) is 0 Å². The Morgan fingerprint density at radius 2 is 2.58 bits per heavy atom. The molecule has 1 atom stereocenters. The SMILES string of the molecule is O=C(O)[C@@H]1Cc2cccnc2N1. The summed E-state index contributed by atoms with van der Waals surface area (Å²) in [5.41, 5.74) is 0.977. The molecule has 0 saturated heterocycles. The highest BCUT2D eigenvalue weighted by molar-refractivity contribution is 5.80. The number of hydrogen-bond acceptors (Lipinski definition) is 3. The molecule has 4 nitrogen and oxygen atoms in total. The molecule has 2 N–H and O–H groups in total. The van der Waals surface area contributed by atoms with Crippen molar-refractivity contribution in [2.24, 2.45) is 0 Å². The Bertz CT molecular complexity index is 300. The number of pyridine rings is 1. The Hall–Kier alpha value is -1.58. The van der Waals surface area contributed by atoms with Crippen LogP contribution in [0.3, 0.4) is 0 Å². The van der Waals surface area contributed by atoms with Crippen LogP contribution in [-0.4, -0.2) is 22.1 Å². The molecule has 0 amide bonds. The average Bonchev–Trinajstić information content (AvgIpc) is 2.46. The first-order chi connectivity index (χ1) is 5.77. The number of rotatable bonds is 1. The van der Waals surface area contributed by atoms with Crippen LogP contribution in [0.4, 0.5) is 5.82 Å². The average molecular weight is 164 g/mol. The molecule has 1 aromatic heterocycles. The second kappa shape index (κ2) is 2.48. The number of hydrogen-bond donors (Lipinski definition) is 2. The highest BCUT2D eigenvalue weighted by Gasteiger charge is 2.26. The number of anilines is 1. The van der Waals surface area contributed by atoms with E-state index in [9.17, 15) is 4.79 Å². The fourth-order valence-corrected chi connectivity index (χ4v) is 1.32. The number of nitrogens with zero attached hydrogens (tertiary/aromatic N) is 1. The van der Waals surface area contributed by atoms with Crippen molar-refractivity contribution in [3.05, 3.63) is 23.9 Å².